The lowest BCUT2D eigenvalue weighted by Gasteiger charge is -2.41. The van der Waals surface area contributed by atoms with Gasteiger partial charge in [0.2, 0.25) is 23.6 Å². The lowest BCUT2D eigenvalue weighted by atomic mass is 9.89. The van der Waals surface area contributed by atoms with E-state index < -0.39 is 54.3 Å². The molecule has 1 saturated heterocycles. The van der Waals surface area contributed by atoms with Crippen molar-refractivity contribution in [3.8, 4) is 0 Å². The molecule has 14 nitrogen and oxygen atoms in total. The molecule has 3 N–H and O–H groups in total. The van der Waals surface area contributed by atoms with Crippen LogP contribution >= 0.6 is 0 Å². The van der Waals surface area contributed by atoms with Crippen molar-refractivity contribution < 1.29 is 38.2 Å². The van der Waals surface area contributed by atoms with Crippen LogP contribution in [-0.2, 0) is 44.6 Å². The molecule has 1 aliphatic rings. The molecule has 0 saturated carbocycles. The number of nitrogens with one attached hydrogen (secondary N) is 3. The number of likely N-dealkylation sites (tertiary alicyclic amines) is 1. The largest absolute Gasteiger partial charge is 0.467 e. The van der Waals surface area contributed by atoms with Gasteiger partial charge in [0.25, 0.3) is 0 Å². The summed E-state index contributed by atoms with van der Waals surface area (Å²) in [6.45, 7) is 15.9. The highest BCUT2D eigenvalue weighted by Gasteiger charge is 2.43. The van der Waals surface area contributed by atoms with Crippen LogP contribution in [0.3, 0.4) is 0 Å². The van der Waals surface area contributed by atoms with E-state index in [4.69, 9.17) is 14.2 Å². The number of rotatable bonds is 26. The van der Waals surface area contributed by atoms with Crippen LogP contribution < -0.4 is 16.0 Å². The van der Waals surface area contributed by atoms with Crippen LogP contribution in [0.1, 0.15) is 92.6 Å². The first-order chi connectivity index (χ1) is 28.0. The number of benzene rings is 1. The first kappa shape index (κ1) is 51.6. The zero-order chi connectivity index (χ0) is 44.4. The van der Waals surface area contributed by atoms with Gasteiger partial charge in [0.15, 0.2) is 0 Å². The Morgan fingerprint density at radius 1 is 0.881 bits per heavy atom. The van der Waals surface area contributed by atoms with Crippen molar-refractivity contribution in [2.75, 3.05) is 62.1 Å². The SMILES string of the molecule is CC[C@H](C)C([C@@H](CC(=O)N1CCC[C@H]1[C@H](OC)[C@@H](C)C(=O)N[C@@H](Cc1ccccc1)C(=O)OC)OC)N(C)C(=O)[C@@H](NC(=O)C(C(C)C)N(C)CCCCNC)C(C)C. The molecule has 2 rings (SSSR count). The summed E-state index contributed by atoms with van der Waals surface area (Å²) in [6, 6.07) is 6.45. The number of unbranched alkanes of at least 4 members (excludes halogenated alkanes) is 1. The van der Waals surface area contributed by atoms with Crippen LogP contribution in [0.5, 0.6) is 0 Å². The van der Waals surface area contributed by atoms with Gasteiger partial charge in [0.05, 0.1) is 49.8 Å². The van der Waals surface area contributed by atoms with Crippen molar-refractivity contribution in [3.05, 3.63) is 35.9 Å². The monoisotopic (exact) mass is 831 g/mol. The van der Waals surface area contributed by atoms with E-state index in [9.17, 15) is 24.0 Å². The minimum absolute atomic E-state index is 0.00457. The maximum atomic E-state index is 14.5. The maximum absolute atomic E-state index is 14.5. The fraction of sp³-hybridized carbons (Fsp3) is 0.756. The number of hydrogen-bond donors (Lipinski definition) is 3. The second-order valence-corrected chi connectivity index (χ2v) is 17.1. The van der Waals surface area contributed by atoms with Crippen molar-refractivity contribution in [1.82, 2.24) is 30.7 Å². The number of amides is 4. The summed E-state index contributed by atoms with van der Waals surface area (Å²) in [6.07, 6.45) is 3.01. The van der Waals surface area contributed by atoms with E-state index in [1.54, 1.807) is 30.9 Å². The molecule has 0 aliphatic carbocycles. The summed E-state index contributed by atoms with van der Waals surface area (Å²) in [5.41, 5.74) is 0.876. The Hall–Kier alpha value is -3.59. The van der Waals surface area contributed by atoms with Crippen molar-refractivity contribution in [1.29, 1.82) is 0 Å². The molecule has 1 fully saturated rings. The Kier molecular flexibility index (Phi) is 22.6. The Bertz CT molecular complexity index is 1450. The summed E-state index contributed by atoms with van der Waals surface area (Å²) in [5.74, 6) is -2.41. The van der Waals surface area contributed by atoms with Crippen molar-refractivity contribution in [3.63, 3.8) is 0 Å². The number of nitrogens with zero attached hydrogens (tertiary/aromatic N) is 3. The molecule has 14 heteroatoms. The van der Waals surface area contributed by atoms with Gasteiger partial charge >= 0.3 is 5.97 Å². The van der Waals surface area contributed by atoms with E-state index in [0.29, 0.717) is 13.0 Å². The highest BCUT2D eigenvalue weighted by atomic mass is 16.5. The van der Waals surface area contributed by atoms with Crippen LogP contribution in [0, 0.1) is 23.7 Å². The molecule has 1 aliphatic heterocycles. The van der Waals surface area contributed by atoms with E-state index in [0.717, 1.165) is 44.3 Å². The second kappa shape index (κ2) is 25.9. The minimum atomic E-state index is -0.893. The second-order valence-electron chi connectivity index (χ2n) is 17.1. The summed E-state index contributed by atoms with van der Waals surface area (Å²) in [4.78, 5) is 74.6. The molecule has 336 valence electrons. The molecule has 1 heterocycles. The number of methoxy groups -OCH3 is 3. The molecule has 0 bridgehead atoms. The number of carbonyl (C=O) groups excluding carboxylic acids is 5. The standard InChI is InChI=1S/C45H78N6O8/c1-14-31(6)40(50(10)44(55)38(29(2)3)48-43(54)39(30(4)5)49(9)25-19-18-24-46-8)36(57-11)28-37(52)51-26-20-23-35(51)41(58-12)32(7)42(53)47-34(45(56)59-13)27-33-21-16-15-17-22-33/h15-17,21-22,29-32,34-36,38-41,46H,14,18-20,23-28H2,1-13H3,(H,47,53)(H,48,54)/t31-,32+,34-,35-,36+,38-,39?,40?,41+/m0/s1. The molecule has 0 spiro atoms. The predicted octanol–water partition coefficient (Wildman–Crippen LogP) is 3.90. The lowest BCUT2D eigenvalue weighted by Crippen LogP contribution is -2.60. The van der Waals surface area contributed by atoms with Gasteiger partial charge in [0.1, 0.15) is 12.1 Å². The molecular weight excluding hydrogens is 753 g/mol. The number of hydrogen-bond acceptors (Lipinski definition) is 10. The molecule has 1 aromatic carbocycles. The fourth-order valence-electron chi connectivity index (χ4n) is 8.58. The van der Waals surface area contributed by atoms with Gasteiger partial charge in [-0.1, -0.05) is 85.2 Å². The predicted molar refractivity (Wildman–Crippen MR) is 231 cm³/mol. The normalized spacial score (nSPS) is 18.4. The molecule has 59 heavy (non-hydrogen) atoms. The van der Waals surface area contributed by atoms with Gasteiger partial charge < -0.3 is 40.0 Å². The van der Waals surface area contributed by atoms with Crippen LogP contribution in [0.2, 0.25) is 0 Å². The average Bonchev–Trinajstić information content (AvgIpc) is 3.70. The summed E-state index contributed by atoms with van der Waals surface area (Å²) in [5, 5.41) is 9.16. The quantitative estimate of drug-likeness (QED) is 0.0924. The fourth-order valence-corrected chi connectivity index (χ4v) is 8.58. The minimum Gasteiger partial charge on any atom is -0.467 e. The third-order valence-corrected chi connectivity index (χ3v) is 12.1. The van der Waals surface area contributed by atoms with Gasteiger partial charge in [-0.3, -0.25) is 24.1 Å². The average molecular weight is 831 g/mol. The van der Waals surface area contributed by atoms with E-state index in [2.05, 4.69) is 20.9 Å². The van der Waals surface area contributed by atoms with Crippen LogP contribution in [-0.4, -0.2) is 149 Å². The molecule has 2 unspecified atom stereocenters. The smallest absolute Gasteiger partial charge is 0.328 e. The lowest BCUT2D eigenvalue weighted by molar-refractivity contribution is -0.149. The molecule has 1 aromatic rings. The highest BCUT2D eigenvalue weighted by molar-refractivity contribution is 5.90. The Morgan fingerprint density at radius 2 is 1.54 bits per heavy atom. The third-order valence-electron chi connectivity index (χ3n) is 12.1. The van der Waals surface area contributed by atoms with Gasteiger partial charge in [-0.05, 0) is 76.2 Å². The van der Waals surface area contributed by atoms with E-state index >= 15 is 0 Å². The number of carbonyl (C=O) groups is 5. The zero-order valence-corrected chi connectivity index (χ0v) is 38.4. The molecule has 9 atom stereocenters. The van der Waals surface area contributed by atoms with E-state index in [1.807, 2.05) is 86.0 Å². The van der Waals surface area contributed by atoms with Crippen molar-refractivity contribution in [2.24, 2.45) is 23.7 Å². The third kappa shape index (κ3) is 14.8. The maximum Gasteiger partial charge on any atom is 0.328 e. The Balaban J connectivity index is 2.27. The van der Waals surface area contributed by atoms with E-state index in [-0.39, 0.29) is 54.2 Å². The topological polar surface area (TPSA) is 159 Å². The molecular formula is C45H78N6O8. The molecule has 0 radical (unpaired) electrons. The zero-order valence-electron chi connectivity index (χ0n) is 38.4. The number of likely N-dealkylation sites (N-methyl/N-ethyl adjacent to an activating group) is 2. The van der Waals surface area contributed by atoms with Crippen molar-refractivity contribution in [2.45, 2.75) is 136 Å². The Labute approximate surface area is 355 Å². The number of esters is 1. The number of ether oxygens (including phenoxy) is 3. The van der Waals surface area contributed by atoms with Gasteiger partial charge in [-0.15, -0.1) is 0 Å². The van der Waals surface area contributed by atoms with E-state index in [1.165, 1.54) is 14.2 Å². The van der Waals surface area contributed by atoms with Crippen molar-refractivity contribution >= 4 is 29.6 Å². The first-order valence-corrected chi connectivity index (χ1v) is 21.7. The van der Waals surface area contributed by atoms with Gasteiger partial charge in [0, 0.05) is 34.2 Å². The molecule has 0 aromatic heterocycles. The highest BCUT2D eigenvalue weighted by Crippen LogP contribution is 2.30. The molecule has 4 amide bonds. The van der Waals surface area contributed by atoms with Crippen LogP contribution in [0.15, 0.2) is 30.3 Å². The van der Waals surface area contributed by atoms with Crippen LogP contribution in [0.25, 0.3) is 0 Å². The Morgan fingerprint density at radius 3 is 2.08 bits per heavy atom. The first-order valence-electron chi connectivity index (χ1n) is 21.7. The van der Waals surface area contributed by atoms with Gasteiger partial charge in [-0.25, -0.2) is 4.79 Å². The van der Waals surface area contributed by atoms with Crippen LogP contribution in [0.4, 0.5) is 0 Å². The summed E-state index contributed by atoms with van der Waals surface area (Å²) < 4.78 is 17.0. The summed E-state index contributed by atoms with van der Waals surface area (Å²) >= 11 is 0. The van der Waals surface area contributed by atoms with Gasteiger partial charge in [-0.2, -0.15) is 0 Å². The summed E-state index contributed by atoms with van der Waals surface area (Å²) in [7, 11) is 10.0.